The van der Waals surface area contributed by atoms with Crippen LogP contribution in [0.15, 0.2) is 6.07 Å². The molecule has 84 valence electrons. The maximum Gasteiger partial charge on any atom is 0.125 e. The molecule has 0 aliphatic rings. The van der Waals surface area contributed by atoms with Crippen molar-refractivity contribution >= 4 is 11.6 Å². The van der Waals surface area contributed by atoms with Crippen LogP contribution in [-0.2, 0) is 6.42 Å². The zero-order valence-electron chi connectivity index (χ0n) is 9.36. The van der Waals surface area contributed by atoms with Crippen LogP contribution in [0.4, 0.5) is 4.39 Å². The SMILES string of the molecule is COc1c(C)cc(Cl)c(C)c1CCCF. The van der Waals surface area contributed by atoms with E-state index in [2.05, 4.69) is 0 Å². The summed E-state index contributed by atoms with van der Waals surface area (Å²) in [6, 6.07) is 1.88. The highest BCUT2D eigenvalue weighted by atomic mass is 35.5. The molecular formula is C12H16ClFO. The van der Waals surface area contributed by atoms with Crippen molar-refractivity contribution in [2.45, 2.75) is 26.7 Å². The molecule has 3 heteroatoms. The average molecular weight is 231 g/mol. The molecule has 0 N–H and O–H groups in total. The Bertz CT molecular complexity index is 350. The highest BCUT2D eigenvalue weighted by molar-refractivity contribution is 6.31. The van der Waals surface area contributed by atoms with E-state index in [0.29, 0.717) is 12.8 Å². The van der Waals surface area contributed by atoms with E-state index in [1.807, 2.05) is 19.9 Å². The van der Waals surface area contributed by atoms with Gasteiger partial charge in [-0.1, -0.05) is 11.6 Å². The Morgan fingerprint density at radius 3 is 2.60 bits per heavy atom. The number of hydrogen-bond acceptors (Lipinski definition) is 1. The summed E-state index contributed by atoms with van der Waals surface area (Å²) in [5, 5.41) is 0.724. The maximum atomic E-state index is 12.2. The van der Waals surface area contributed by atoms with E-state index in [1.54, 1.807) is 7.11 Å². The molecule has 1 nitrogen and oxygen atoms in total. The summed E-state index contributed by atoms with van der Waals surface area (Å²) >= 11 is 6.08. The van der Waals surface area contributed by atoms with Crippen molar-refractivity contribution < 1.29 is 9.13 Å². The zero-order valence-corrected chi connectivity index (χ0v) is 10.1. The first-order valence-corrected chi connectivity index (χ1v) is 5.38. The Morgan fingerprint density at radius 2 is 2.07 bits per heavy atom. The predicted molar refractivity (Wildman–Crippen MR) is 61.8 cm³/mol. The van der Waals surface area contributed by atoms with Crippen LogP contribution in [0.3, 0.4) is 0 Å². The van der Waals surface area contributed by atoms with Crippen molar-refractivity contribution in [3.05, 3.63) is 27.8 Å². The van der Waals surface area contributed by atoms with Crippen molar-refractivity contribution in [3.8, 4) is 5.75 Å². The lowest BCUT2D eigenvalue weighted by Gasteiger charge is -2.15. The fourth-order valence-electron chi connectivity index (χ4n) is 1.75. The second-order valence-electron chi connectivity index (χ2n) is 3.60. The van der Waals surface area contributed by atoms with Crippen molar-refractivity contribution in [2.24, 2.45) is 0 Å². The first-order chi connectivity index (χ1) is 7.11. The lowest BCUT2D eigenvalue weighted by Crippen LogP contribution is -1.99. The normalized spacial score (nSPS) is 10.5. The van der Waals surface area contributed by atoms with Gasteiger partial charge in [-0.3, -0.25) is 4.39 Å². The molecule has 0 aromatic heterocycles. The minimum absolute atomic E-state index is 0.311. The van der Waals surface area contributed by atoms with Crippen LogP contribution in [0.25, 0.3) is 0 Å². The Labute approximate surface area is 95.2 Å². The number of halogens is 2. The number of ether oxygens (including phenoxy) is 1. The van der Waals surface area contributed by atoms with E-state index in [1.165, 1.54) is 0 Å². The third-order valence-electron chi connectivity index (χ3n) is 2.55. The van der Waals surface area contributed by atoms with Gasteiger partial charge in [-0.15, -0.1) is 0 Å². The number of alkyl halides is 1. The van der Waals surface area contributed by atoms with Crippen LogP contribution in [0.5, 0.6) is 5.75 Å². The van der Waals surface area contributed by atoms with Crippen molar-refractivity contribution in [1.29, 1.82) is 0 Å². The van der Waals surface area contributed by atoms with Crippen LogP contribution < -0.4 is 4.74 Å². The number of hydrogen-bond donors (Lipinski definition) is 0. The van der Waals surface area contributed by atoms with Crippen molar-refractivity contribution in [3.63, 3.8) is 0 Å². The van der Waals surface area contributed by atoms with Gasteiger partial charge in [-0.05, 0) is 49.4 Å². The Morgan fingerprint density at radius 1 is 1.40 bits per heavy atom. The van der Waals surface area contributed by atoms with Crippen LogP contribution in [0.2, 0.25) is 5.02 Å². The molecule has 0 radical (unpaired) electrons. The number of aryl methyl sites for hydroxylation is 1. The van der Waals surface area contributed by atoms with E-state index in [0.717, 1.165) is 27.5 Å². The second-order valence-corrected chi connectivity index (χ2v) is 4.01. The molecule has 0 spiro atoms. The van der Waals surface area contributed by atoms with E-state index in [4.69, 9.17) is 16.3 Å². The van der Waals surface area contributed by atoms with Crippen LogP contribution in [-0.4, -0.2) is 13.8 Å². The van der Waals surface area contributed by atoms with Gasteiger partial charge in [0.15, 0.2) is 0 Å². The smallest absolute Gasteiger partial charge is 0.125 e. The number of benzene rings is 1. The largest absolute Gasteiger partial charge is 0.496 e. The molecule has 1 rings (SSSR count). The first kappa shape index (κ1) is 12.3. The van der Waals surface area contributed by atoms with Crippen molar-refractivity contribution in [1.82, 2.24) is 0 Å². The molecule has 0 atom stereocenters. The number of rotatable bonds is 4. The quantitative estimate of drug-likeness (QED) is 0.763. The van der Waals surface area contributed by atoms with Crippen LogP contribution in [0, 0.1) is 13.8 Å². The van der Waals surface area contributed by atoms with Gasteiger partial charge in [-0.2, -0.15) is 0 Å². The molecule has 0 amide bonds. The van der Waals surface area contributed by atoms with E-state index >= 15 is 0 Å². The third kappa shape index (κ3) is 2.63. The second kappa shape index (κ2) is 5.36. The van der Waals surface area contributed by atoms with E-state index in [9.17, 15) is 4.39 Å². The molecule has 0 aliphatic carbocycles. The molecule has 0 saturated carbocycles. The zero-order chi connectivity index (χ0) is 11.4. The highest BCUT2D eigenvalue weighted by Gasteiger charge is 2.12. The monoisotopic (exact) mass is 230 g/mol. The van der Waals surface area contributed by atoms with Crippen molar-refractivity contribution in [2.75, 3.05) is 13.8 Å². The highest BCUT2D eigenvalue weighted by Crippen LogP contribution is 2.32. The molecule has 1 aromatic rings. The first-order valence-electron chi connectivity index (χ1n) is 5.00. The van der Waals surface area contributed by atoms with Gasteiger partial charge in [0.1, 0.15) is 5.75 Å². The lowest BCUT2D eigenvalue weighted by molar-refractivity contribution is 0.402. The minimum atomic E-state index is -0.311. The predicted octanol–water partition coefficient (Wildman–Crippen LogP) is 3.87. The van der Waals surface area contributed by atoms with Gasteiger partial charge >= 0.3 is 0 Å². The Hall–Kier alpha value is -0.760. The third-order valence-corrected chi connectivity index (χ3v) is 2.94. The van der Waals surface area contributed by atoms with Crippen LogP contribution in [0.1, 0.15) is 23.1 Å². The molecule has 1 aromatic carbocycles. The number of methoxy groups -OCH3 is 1. The van der Waals surface area contributed by atoms with Gasteiger partial charge in [0, 0.05) is 5.02 Å². The summed E-state index contributed by atoms with van der Waals surface area (Å²) in [7, 11) is 1.63. The molecule has 0 aliphatic heterocycles. The average Bonchev–Trinajstić information content (AvgIpc) is 2.21. The summed E-state index contributed by atoms with van der Waals surface area (Å²) in [6.45, 7) is 3.58. The fourth-order valence-corrected chi connectivity index (χ4v) is 2.02. The fraction of sp³-hybridized carbons (Fsp3) is 0.500. The van der Waals surface area contributed by atoms with Gasteiger partial charge in [0.2, 0.25) is 0 Å². The molecule has 0 heterocycles. The summed E-state index contributed by atoms with van der Waals surface area (Å²) in [4.78, 5) is 0. The van der Waals surface area contributed by atoms with E-state index in [-0.39, 0.29) is 6.67 Å². The molecule has 0 bridgehead atoms. The van der Waals surface area contributed by atoms with Gasteiger partial charge in [0.05, 0.1) is 13.8 Å². The molecule has 0 saturated heterocycles. The molecule has 0 fully saturated rings. The molecular weight excluding hydrogens is 215 g/mol. The summed E-state index contributed by atoms with van der Waals surface area (Å²) in [5.41, 5.74) is 3.02. The lowest BCUT2D eigenvalue weighted by atomic mass is 9.99. The summed E-state index contributed by atoms with van der Waals surface area (Å²) < 4.78 is 17.5. The summed E-state index contributed by atoms with van der Waals surface area (Å²) in [5.74, 6) is 0.838. The maximum absolute atomic E-state index is 12.2. The molecule has 0 unspecified atom stereocenters. The topological polar surface area (TPSA) is 9.23 Å². The Balaban J connectivity index is 3.18. The van der Waals surface area contributed by atoms with Gasteiger partial charge < -0.3 is 4.74 Å². The van der Waals surface area contributed by atoms with Gasteiger partial charge in [0.25, 0.3) is 0 Å². The minimum Gasteiger partial charge on any atom is -0.496 e. The Kier molecular flexibility index (Phi) is 4.40. The molecule has 15 heavy (non-hydrogen) atoms. The van der Waals surface area contributed by atoms with Gasteiger partial charge in [-0.25, -0.2) is 0 Å². The van der Waals surface area contributed by atoms with E-state index < -0.39 is 0 Å². The summed E-state index contributed by atoms with van der Waals surface area (Å²) in [6.07, 6.45) is 1.18. The van der Waals surface area contributed by atoms with Crippen LogP contribution >= 0.6 is 11.6 Å². The standard InChI is InChI=1S/C12H16ClFO/c1-8-7-11(13)9(2)10(5-4-6-14)12(8)15-3/h7H,4-6H2,1-3H3.